The SMILES string of the molecule is N#Cc1cccc(-c2c(-c3cccc4oc5ccccc5c34)cccc2-c2cccc3sc4ccccc4c23)c1. The highest BCUT2D eigenvalue weighted by Crippen LogP contribution is 2.47. The molecule has 0 amide bonds. The standard InChI is InChI=1S/C37H21NOS/c38-22-23-9-5-10-24(21-23)35-25(27-15-7-18-32-36(27)29-11-1-3-17-31(29)39-32)13-6-14-26(35)28-16-8-20-34-37(28)30-12-2-4-19-33(30)40-34/h1-21H. The maximum atomic E-state index is 9.78. The lowest BCUT2D eigenvalue weighted by Gasteiger charge is -2.18. The summed E-state index contributed by atoms with van der Waals surface area (Å²) in [7, 11) is 0. The summed E-state index contributed by atoms with van der Waals surface area (Å²) >= 11 is 1.83. The van der Waals surface area contributed by atoms with Crippen molar-refractivity contribution in [2.75, 3.05) is 0 Å². The molecule has 3 heteroatoms. The number of rotatable bonds is 3. The van der Waals surface area contributed by atoms with Crippen LogP contribution in [0, 0.1) is 11.3 Å². The molecule has 6 aromatic carbocycles. The number of furan rings is 1. The molecule has 0 aliphatic carbocycles. The van der Waals surface area contributed by atoms with Crippen molar-refractivity contribution in [3.05, 3.63) is 133 Å². The third-order valence-corrected chi connectivity index (χ3v) is 8.87. The van der Waals surface area contributed by atoms with Gasteiger partial charge < -0.3 is 4.42 Å². The molecule has 186 valence electrons. The minimum atomic E-state index is 0.643. The Morgan fingerprint density at radius 1 is 0.525 bits per heavy atom. The van der Waals surface area contributed by atoms with Crippen LogP contribution in [-0.2, 0) is 0 Å². The largest absolute Gasteiger partial charge is 0.456 e. The minimum Gasteiger partial charge on any atom is -0.456 e. The van der Waals surface area contributed by atoms with E-state index in [4.69, 9.17) is 4.42 Å². The zero-order valence-corrected chi connectivity index (χ0v) is 22.2. The maximum Gasteiger partial charge on any atom is 0.136 e. The van der Waals surface area contributed by atoms with Crippen LogP contribution < -0.4 is 0 Å². The van der Waals surface area contributed by atoms with Crippen molar-refractivity contribution in [2.45, 2.75) is 0 Å². The van der Waals surface area contributed by atoms with Gasteiger partial charge in [0.25, 0.3) is 0 Å². The molecule has 0 radical (unpaired) electrons. The molecule has 0 spiro atoms. The predicted octanol–water partition coefficient (Wildman–Crippen LogP) is 10.8. The predicted molar refractivity (Wildman–Crippen MR) is 168 cm³/mol. The fraction of sp³-hybridized carbons (Fsp3) is 0. The van der Waals surface area contributed by atoms with Crippen LogP contribution in [0.5, 0.6) is 0 Å². The van der Waals surface area contributed by atoms with Crippen LogP contribution in [0.2, 0.25) is 0 Å². The van der Waals surface area contributed by atoms with E-state index in [1.807, 2.05) is 47.7 Å². The van der Waals surface area contributed by atoms with Crippen molar-refractivity contribution >= 4 is 53.4 Å². The minimum absolute atomic E-state index is 0.643. The fourth-order valence-corrected chi connectivity index (χ4v) is 7.19. The van der Waals surface area contributed by atoms with Gasteiger partial charge in [-0.05, 0) is 69.8 Å². The topological polar surface area (TPSA) is 36.9 Å². The summed E-state index contributed by atoms with van der Waals surface area (Å²) in [6.07, 6.45) is 0. The Morgan fingerprint density at radius 3 is 2.00 bits per heavy atom. The van der Waals surface area contributed by atoms with Gasteiger partial charge in [-0.1, -0.05) is 91.0 Å². The average molecular weight is 528 g/mol. The number of benzene rings is 6. The fourth-order valence-electron chi connectivity index (χ4n) is 6.05. The van der Waals surface area contributed by atoms with E-state index < -0.39 is 0 Å². The molecule has 0 aliphatic rings. The smallest absolute Gasteiger partial charge is 0.136 e. The van der Waals surface area contributed by atoms with Gasteiger partial charge in [-0.3, -0.25) is 0 Å². The van der Waals surface area contributed by atoms with Crippen molar-refractivity contribution in [2.24, 2.45) is 0 Å². The monoisotopic (exact) mass is 527 g/mol. The number of nitrogens with zero attached hydrogens (tertiary/aromatic N) is 1. The van der Waals surface area contributed by atoms with E-state index in [-0.39, 0.29) is 0 Å². The second-order valence-electron chi connectivity index (χ2n) is 9.97. The summed E-state index contributed by atoms with van der Waals surface area (Å²) in [6, 6.07) is 46.6. The third-order valence-electron chi connectivity index (χ3n) is 7.73. The summed E-state index contributed by atoms with van der Waals surface area (Å²) < 4.78 is 8.81. The zero-order valence-electron chi connectivity index (χ0n) is 21.4. The lowest BCUT2D eigenvalue weighted by atomic mass is 9.85. The van der Waals surface area contributed by atoms with Gasteiger partial charge >= 0.3 is 0 Å². The van der Waals surface area contributed by atoms with Crippen LogP contribution in [0.15, 0.2) is 132 Å². The molecule has 0 saturated carbocycles. The average Bonchev–Trinajstić information content (AvgIpc) is 3.59. The number of hydrogen-bond acceptors (Lipinski definition) is 3. The first-order chi connectivity index (χ1) is 19.8. The van der Waals surface area contributed by atoms with Crippen molar-refractivity contribution < 1.29 is 4.42 Å². The summed E-state index contributed by atoms with van der Waals surface area (Å²) in [6.45, 7) is 0. The van der Waals surface area contributed by atoms with E-state index in [1.165, 1.54) is 25.7 Å². The maximum absolute atomic E-state index is 9.78. The van der Waals surface area contributed by atoms with E-state index in [0.717, 1.165) is 49.8 Å². The van der Waals surface area contributed by atoms with Crippen molar-refractivity contribution in [3.8, 4) is 39.4 Å². The Morgan fingerprint density at radius 2 is 1.15 bits per heavy atom. The van der Waals surface area contributed by atoms with Gasteiger partial charge in [-0.2, -0.15) is 5.26 Å². The highest BCUT2D eigenvalue weighted by Gasteiger charge is 2.20. The van der Waals surface area contributed by atoms with E-state index in [2.05, 4.69) is 97.1 Å². The number of para-hydroxylation sites is 1. The summed E-state index contributed by atoms with van der Waals surface area (Å²) in [4.78, 5) is 0. The summed E-state index contributed by atoms with van der Waals surface area (Å²) in [5.74, 6) is 0. The molecular weight excluding hydrogens is 506 g/mol. The molecule has 0 fully saturated rings. The Hall–Kier alpha value is -5.17. The Balaban J connectivity index is 1.52. The first-order valence-electron chi connectivity index (χ1n) is 13.2. The molecule has 0 bridgehead atoms. The van der Waals surface area contributed by atoms with Gasteiger partial charge in [-0.15, -0.1) is 11.3 Å². The van der Waals surface area contributed by atoms with E-state index in [0.29, 0.717) is 5.56 Å². The van der Waals surface area contributed by atoms with Crippen molar-refractivity contribution in [3.63, 3.8) is 0 Å². The highest BCUT2D eigenvalue weighted by atomic mass is 32.1. The van der Waals surface area contributed by atoms with Crippen LogP contribution in [0.4, 0.5) is 0 Å². The van der Waals surface area contributed by atoms with E-state index in [1.54, 1.807) is 0 Å². The summed E-state index contributed by atoms with van der Waals surface area (Å²) in [5.41, 5.74) is 9.08. The van der Waals surface area contributed by atoms with Crippen molar-refractivity contribution in [1.29, 1.82) is 5.26 Å². The quantitative estimate of drug-likeness (QED) is 0.229. The van der Waals surface area contributed by atoms with Crippen molar-refractivity contribution in [1.82, 2.24) is 0 Å². The zero-order chi connectivity index (χ0) is 26.6. The highest BCUT2D eigenvalue weighted by molar-refractivity contribution is 7.25. The van der Waals surface area contributed by atoms with Crippen LogP contribution in [0.25, 0.3) is 75.5 Å². The first kappa shape index (κ1) is 22.8. The van der Waals surface area contributed by atoms with Crippen LogP contribution >= 0.6 is 11.3 Å². The number of nitriles is 1. The van der Waals surface area contributed by atoms with Crippen LogP contribution in [0.3, 0.4) is 0 Å². The molecule has 8 aromatic rings. The molecule has 0 aliphatic heterocycles. The molecule has 2 nitrogen and oxygen atoms in total. The third kappa shape index (κ3) is 3.41. The molecule has 2 aromatic heterocycles. The van der Waals surface area contributed by atoms with Crippen LogP contribution in [0.1, 0.15) is 5.56 Å². The van der Waals surface area contributed by atoms with Gasteiger partial charge in [-0.25, -0.2) is 0 Å². The normalized spacial score (nSPS) is 11.5. The van der Waals surface area contributed by atoms with Gasteiger partial charge in [0.15, 0.2) is 0 Å². The van der Waals surface area contributed by atoms with Gasteiger partial charge in [0, 0.05) is 30.9 Å². The van der Waals surface area contributed by atoms with E-state index in [9.17, 15) is 5.26 Å². The van der Waals surface area contributed by atoms with Gasteiger partial charge in [0.05, 0.1) is 11.6 Å². The molecule has 0 atom stereocenters. The molecule has 0 N–H and O–H groups in total. The van der Waals surface area contributed by atoms with Gasteiger partial charge in [0.1, 0.15) is 11.2 Å². The van der Waals surface area contributed by atoms with E-state index >= 15 is 0 Å². The van der Waals surface area contributed by atoms with Crippen LogP contribution in [-0.4, -0.2) is 0 Å². The Bertz CT molecular complexity index is 2160. The lowest BCUT2D eigenvalue weighted by molar-refractivity contribution is 0.669. The second kappa shape index (κ2) is 8.95. The molecular formula is C37H21NOS. The van der Waals surface area contributed by atoms with Gasteiger partial charge in [0.2, 0.25) is 0 Å². The summed E-state index contributed by atoms with van der Waals surface area (Å²) in [5, 5.41) is 14.5. The lowest BCUT2D eigenvalue weighted by Crippen LogP contribution is -1.92. The molecule has 8 rings (SSSR count). The molecule has 0 unspecified atom stereocenters. The Kier molecular flexibility index (Phi) is 5.10. The second-order valence-corrected chi connectivity index (χ2v) is 11.1. The molecule has 2 heterocycles. The number of thiophene rings is 1. The molecule has 40 heavy (non-hydrogen) atoms. The first-order valence-corrected chi connectivity index (χ1v) is 14.1. The Labute approximate surface area is 235 Å². The number of hydrogen-bond donors (Lipinski definition) is 0. The molecule has 0 saturated heterocycles. The number of fused-ring (bicyclic) bond motifs is 6.